The fraction of sp³-hybridized carbons (Fsp3) is 1.00. The Hall–Kier alpha value is -0.160. The molecule has 0 saturated carbocycles. The molecule has 0 aliphatic heterocycles. The van der Waals surface area contributed by atoms with Crippen LogP contribution in [-0.2, 0) is 14.2 Å². The molecule has 0 aromatic rings. The third-order valence-corrected chi connectivity index (χ3v) is 1.36. The Morgan fingerprint density at radius 3 is 2.38 bits per heavy atom. The summed E-state index contributed by atoms with van der Waals surface area (Å²) in [6, 6.07) is 0. The number of ether oxygens (including phenoxy) is 3. The number of rotatable bonds is 8. The van der Waals surface area contributed by atoms with E-state index in [0.29, 0.717) is 26.4 Å². The molecular weight excluding hydrogens is 172 g/mol. The van der Waals surface area contributed by atoms with Crippen molar-refractivity contribution < 1.29 is 19.3 Å². The van der Waals surface area contributed by atoms with Gasteiger partial charge >= 0.3 is 0 Å². The Labute approximate surface area is 79.8 Å². The fourth-order valence-corrected chi connectivity index (χ4v) is 0.713. The van der Waals surface area contributed by atoms with Crippen LogP contribution in [-0.4, -0.2) is 50.9 Å². The third kappa shape index (κ3) is 9.76. The van der Waals surface area contributed by atoms with Crippen LogP contribution >= 0.6 is 0 Å². The van der Waals surface area contributed by atoms with Crippen LogP contribution < -0.4 is 0 Å². The van der Waals surface area contributed by atoms with Crippen molar-refractivity contribution in [2.75, 3.05) is 33.5 Å². The lowest BCUT2D eigenvalue weighted by molar-refractivity contribution is -0.0421. The van der Waals surface area contributed by atoms with Crippen molar-refractivity contribution >= 4 is 0 Å². The summed E-state index contributed by atoms with van der Waals surface area (Å²) in [7, 11) is 1.61. The standard InChI is InChI=1S/C9H20O4/c1-8(2)13-7-9(10)6-12-5-4-11-3/h8-10H,4-7H2,1-3H3. The van der Waals surface area contributed by atoms with Crippen LogP contribution in [0, 0.1) is 0 Å². The molecule has 1 N–H and O–H groups in total. The molecule has 1 atom stereocenters. The Bertz CT molecular complexity index is 106. The first-order valence-electron chi connectivity index (χ1n) is 4.53. The summed E-state index contributed by atoms with van der Waals surface area (Å²) in [6.07, 6.45) is -0.395. The lowest BCUT2D eigenvalue weighted by Crippen LogP contribution is -2.24. The van der Waals surface area contributed by atoms with E-state index in [9.17, 15) is 5.11 Å². The number of methoxy groups -OCH3 is 1. The largest absolute Gasteiger partial charge is 0.388 e. The van der Waals surface area contributed by atoms with E-state index in [0.717, 1.165) is 0 Å². The van der Waals surface area contributed by atoms with Gasteiger partial charge in [0.05, 0.1) is 32.5 Å². The van der Waals surface area contributed by atoms with Crippen LogP contribution in [0.1, 0.15) is 13.8 Å². The maximum Gasteiger partial charge on any atom is 0.101 e. The van der Waals surface area contributed by atoms with E-state index >= 15 is 0 Å². The highest BCUT2D eigenvalue weighted by atomic mass is 16.5. The number of aliphatic hydroxyl groups is 1. The molecule has 0 aliphatic rings. The summed E-state index contributed by atoms with van der Waals surface area (Å²) in [6.45, 7) is 5.55. The highest BCUT2D eigenvalue weighted by Gasteiger charge is 2.05. The topological polar surface area (TPSA) is 47.9 Å². The van der Waals surface area contributed by atoms with E-state index in [1.165, 1.54) is 0 Å². The molecule has 0 spiro atoms. The number of hydrogen-bond donors (Lipinski definition) is 1. The molecule has 0 aliphatic carbocycles. The number of aliphatic hydroxyl groups excluding tert-OH is 1. The zero-order valence-corrected chi connectivity index (χ0v) is 8.66. The van der Waals surface area contributed by atoms with Gasteiger partial charge in [-0.05, 0) is 13.8 Å². The zero-order valence-electron chi connectivity index (χ0n) is 8.66. The van der Waals surface area contributed by atoms with Crippen molar-refractivity contribution in [1.82, 2.24) is 0 Å². The molecule has 0 rings (SSSR count). The van der Waals surface area contributed by atoms with Gasteiger partial charge in [-0.1, -0.05) is 0 Å². The maximum atomic E-state index is 9.31. The molecule has 0 heterocycles. The lowest BCUT2D eigenvalue weighted by atomic mass is 10.4. The van der Waals surface area contributed by atoms with Crippen LogP contribution in [0.5, 0.6) is 0 Å². The van der Waals surface area contributed by atoms with Crippen molar-refractivity contribution in [3.63, 3.8) is 0 Å². The second-order valence-corrected chi connectivity index (χ2v) is 3.10. The molecule has 4 nitrogen and oxygen atoms in total. The van der Waals surface area contributed by atoms with Crippen molar-refractivity contribution in [3.05, 3.63) is 0 Å². The van der Waals surface area contributed by atoms with E-state index in [4.69, 9.17) is 14.2 Å². The minimum Gasteiger partial charge on any atom is -0.388 e. The van der Waals surface area contributed by atoms with Crippen molar-refractivity contribution in [1.29, 1.82) is 0 Å². The van der Waals surface area contributed by atoms with Gasteiger partial charge in [0, 0.05) is 7.11 Å². The second-order valence-electron chi connectivity index (χ2n) is 3.10. The van der Waals surface area contributed by atoms with Gasteiger partial charge < -0.3 is 19.3 Å². The summed E-state index contributed by atoms with van der Waals surface area (Å²) in [5.41, 5.74) is 0. The summed E-state index contributed by atoms with van der Waals surface area (Å²) >= 11 is 0. The van der Waals surface area contributed by atoms with Gasteiger partial charge in [-0.2, -0.15) is 0 Å². The molecule has 0 fully saturated rings. The lowest BCUT2D eigenvalue weighted by Gasteiger charge is -2.13. The predicted octanol–water partition coefficient (Wildman–Crippen LogP) is 0.435. The molecule has 0 amide bonds. The predicted molar refractivity (Wildman–Crippen MR) is 49.8 cm³/mol. The molecule has 13 heavy (non-hydrogen) atoms. The van der Waals surface area contributed by atoms with Gasteiger partial charge in [0.25, 0.3) is 0 Å². The summed E-state index contributed by atoms with van der Waals surface area (Å²) in [4.78, 5) is 0. The third-order valence-electron chi connectivity index (χ3n) is 1.36. The summed E-state index contributed by atoms with van der Waals surface area (Å²) in [5.74, 6) is 0. The van der Waals surface area contributed by atoms with Gasteiger partial charge in [-0.15, -0.1) is 0 Å². The molecule has 4 heteroatoms. The Kier molecular flexibility index (Phi) is 8.33. The van der Waals surface area contributed by atoms with E-state index in [-0.39, 0.29) is 6.10 Å². The SMILES string of the molecule is COCCOCC(O)COC(C)C. The first-order chi connectivity index (χ1) is 6.16. The van der Waals surface area contributed by atoms with E-state index in [1.807, 2.05) is 13.8 Å². The fourth-order valence-electron chi connectivity index (χ4n) is 0.713. The molecule has 0 bridgehead atoms. The first-order valence-corrected chi connectivity index (χ1v) is 4.53. The smallest absolute Gasteiger partial charge is 0.101 e. The Balaban J connectivity index is 3.15. The van der Waals surface area contributed by atoms with Crippen LogP contribution in [0.15, 0.2) is 0 Å². The molecular formula is C9H20O4. The van der Waals surface area contributed by atoms with Gasteiger partial charge in [0.1, 0.15) is 6.10 Å². The van der Waals surface area contributed by atoms with E-state index < -0.39 is 6.10 Å². The highest BCUT2D eigenvalue weighted by molar-refractivity contribution is 4.52. The van der Waals surface area contributed by atoms with E-state index in [2.05, 4.69) is 0 Å². The van der Waals surface area contributed by atoms with Gasteiger partial charge in [0.2, 0.25) is 0 Å². The van der Waals surface area contributed by atoms with Crippen LogP contribution in [0.4, 0.5) is 0 Å². The second kappa shape index (κ2) is 8.44. The van der Waals surface area contributed by atoms with Crippen LogP contribution in [0.3, 0.4) is 0 Å². The maximum absolute atomic E-state index is 9.31. The van der Waals surface area contributed by atoms with Crippen LogP contribution in [0.2, 0.25) is 0 Å². The van der Waals surface area contributed by atoms with Gasteiger partial charge in [0.15, 0.2) is 0 Å². The zero-order chi connectivity index (χ0) is 10.1. The average Bonchev–Trinajstić information content (AvgIpc) is 2.09. The minimum atomic E-state index is -0.542. The van der Waals surface area contributed by atoms with Gasteiger partial charge in [-0.3, -0.25) is 0 Å². The molecule has 0 aromatic heterocycles. The summed E-state index contributed by atoms with van der Waals surface area (Å²) in [5, 5.41) is 9.31. The monoisotopic (exact) mass is 192 g/mol. The van der Waals surface area contributed by atoms with Crippen molar-refractivity contribution in [2.45, 2.75) is 26.1 Å². The average molecular weight is 192 g/mol. The Morgan fingerprint density at radius 2 is 1.85 bits per heavy atom. The van der Waals surface area contributed by atoms with E-state index in [1.54, 1.807) is 7.11 Å². The Morgan fingerprint density at radius 1 is 1.15 bits per heavy atom. The minimum absolute atomic E-state index is 0.147. The molecule has 0 aromatic carbocycles. The summed E-state index contributed by atoms with van der Waals surface area (Å²) < 4.78 is 15.1. The number of hydrogen-bond acceptors (Lipinski definition) is 4. The first kappa shape index (κ1) is 12.8. The highest BCUT2D eigenvalue weighted by Crippen LogP contribution is 1.92. The normalized spacial score (nSPS) is 13.6. The molecule has 0 radical (unpaired) electrons. The van der Waals surface area contributed by atoms with Crippen molar-refractivity contribution in [3.8, 4) is 0 Å². The molecule has 0 saturated heterocycles. The quantitative estimate of drug-likeness (QED) is 0.567. The molecule has 80 valence electrons. The van der Waals surface area contributed by atoms with Gasteiger partial charge in [-0.25, -0.2) is 0 Å². The van der Waals surface area contributed by atoms with Crippen LogP contribution in [0.25, 0.3) is 0 Å². The molecule has 1 unspecified atom stereocenters. The van der Waals surface area contributed by atoms with Crippen molar-refractivity contribution in [2.24, 2.45) is 0 Å².